The molecule has 0 saturated heterocycles. The second-order valence-corrected chi connectivity index (χ2v) is 5.18. The zero-order valence-electron chi connectivity index (χ0n) is 10.5. The summed E-state index contributed by atoms with van der Waals surface area (Å²) in [5.74, 6) is 1.30. The van der Waals surface area contributed by atoms with Crippen LogP contribution in [0.3, 0.4) is 0 Å². The maximum absolute atomic E-state index is 3.66. The predicted molar refractivity (Wildman–Crippen MR) is 74.9 cm³/mol. The number of benzene rings is 1. The number of hydrogen-bond acceptors (Lipinski definition) is 1. The number of nitrogens with one attached hydrogen (secondary N) is 1. The fourth-order valence-corrected chi connectivity index (χ4v) is 2.56. The molecule has 0 aliphatic carbocycles. The lowest BCUT2D eigenvalue weighted by Gasteiger charge is -2.24. The summed E-state index contributed by atoms with van der Waals surface area (Å²) >= 11 is 3.66. The van der Waals surface area contributed by atoms with Gasteiger partial charge < -0.3 is 5.32 Å². The Labute approximate surface area is 108 Å². The van der Waals surface area contributed by atoms with Crippen LogP contribution in [0.25, 0.3) is 0 Å². The first-order valence-corrected chi connectivity index (χ1v) is 6.95. The number of rotatable bonds is 6. The third-order valence-corrected chi connectivity index (χ3v) is 3.97. The molecule has 1 aromatic carbocycles. The van der Waals surface area contributed by atoms with Gasteiger partial charge in [-0.15, -0.1) is 0 Å². The maximum Gasteiger partial charge on any atom is 0.0210 e. The quantitative estimate of drug-likeness (QED) is 0.826. The zero-order valence-corrected chi connectivity index (χ0v) is 12.0. The largest absolute Gasteiger partial charge is 0.316 e. The summed E-state index contributed by atoms with van der Waals surface area (Å²) in [6, 6.07) is 8.57. The molecular weight excluding hydrogens is 262 g/mol. The molecule has 1 rings (SSSR count). The molecule has 0 heterocycles. The van der Waals surface area contributed by atoms with E-state index in [4.69, 9.17) is 0 Å². The summed E-state index contributed by atoms with van der Waals surface area (Å²) in [6.07, 6.45) is 1.22. The van der Waals surface area contributed by atoms with Crippen LogP contribution in [0.1, 0.15) is 38.7 Å². The van der Waals surface area contributed by atoms with E-state index in [9.17, 15) is 0 Å². The molecule has 16 heavy (non-hydrogen) atoms. The minimum Gasteiger partial charge on any atom is -0.316 e. The van der Waals surface area contributed by atoms with Crippen LogP contribution in [-0.2, 0) is 0 Å². The Morgan fingerprint density at radius 3 is 2.50 bits per heavy atom. The minimum absolute atomic E-state index is 0.598. The number of likely N-dealkylation sites (N-methyl/N-ethyl adjacent to an activating group) is 1. The van der Waals surface area contributed by atoms with Crippen LogP contribution in [0, 0.1) is 5.92 Å². The van der Waals surface area contributed by atoms with Crippen LogP contribution >= 0.6 is 15.9 Å². The molecule has 2 heteroatoms. The van der Waals surface area contributed by atoms with Crippen molar-refractivity contribution in [3.05, 3.63) is 34.3 Å². The summed E-state index contributed by atoms with van der Waals surface area (Å²) in [5.41, 5.74) is 1.43. The second kappa shape index (κ2) is 7.08. The lowest BCUT2D eigenvalue weighted by Crippen LogP contribution is -2.25. The smallest absolute Gasteiger partial charge is 0.0210 e. The van der Waals surface area contributed by atoms with Crippen molar-refractivity contribution < 1.29 is 0 Å². The normalized spacial score (nSPS) is 14.8. The van der Waals surface area contributed by atoms with Crippen molar-refractivity contribution in [2.45, 2.75) is 33.1 Å². The molecule has 1 aromatic rings. The van der Waals surface area contributed by atoms with Gasteiger partial charge in [0.25, 0.3) is 0 Å². The fraction of sp³-hybridized carbons (Fsp3) is 0.571. The predicted octanol–water partition coefficient (Wildman–Crippen LogP) is 4.19. The molecule has 0 spiro atoms. The summed E-state index contributed by atoms with van der Waals surface area (Å²) < 4.78 is 1.23. The first-order valence-electron chi connectivity index (χ1n) is 6.15. The lowest BCUT2D eigenvalue weighted by molar-refractivity contribution is 0.423. The maximum atomic E-state index is 3.66. The van der Waals surface area contributed by atoms with Crippen molar-refractivity contribution >= 4 is 15.9 Å². The van der Waals surface area contributed by atoms with Crippen LogP contribution in [0.2, 0.25) is 0 Å². The highest BCUT2D eigenvalue weighted by atomic mass is 79.9. The highest BCUT2D eigenvalue weighted by Gasteiger charge is 2.19. The Bertz CT molecular complexity index is 311. The van der Waals surface area contributed by atoms with E-state index in [1.54, 1.807) is 0 Å². The van der Waals surface area contributed by atoms with E-state index >= 15 is 0 Å². The van der Waals surface area contributed by atoms with Crippen LogP contribution < -0.4 is 5.32 Å². The van der Waals surface area contributed by atoms with E-state index in [1.165, 1.54) is 16.5 Å². The van der Waals surface area contributed by atoms with Crippen molar-refractivity contribution in [1.82, 2.24) is 5.32 Å². The molecule has 0 fully saturated rings. The molecule has 1 nitrogen and oxygen atoms in total. The van der Waals surface area contributed by atoms with Crippen molar-refractivity contribution in [2.24, 2.45) is 5.92 Å². The molecule has 1 N–H and O–H groups in total. The molecular formula is C14H22BrN. The van der Waals surface area contributed by atoms with Gasteiger partial charge >= 0.3 is 0 Å². The molecule has 0 aromatic heterocycles. The van der Waals surface area contributed by atoms with E-state index in [2.05, 4.69) is 66.3 Å². The molecule has 0 amide bonds. The van der Waals surface area contributed by atoms with Gasteiger partial charge in [-0.2, -0.15) is 0 Å². The van der Waals surface area contributed by atoms with Gasteiger partial charge in [-0.1, -0.05) is 61.3 Å². The van der Waals surface area contributed by atoms with Gasteiger partial charge in [0.05, 0.1) is 0 Å². The molecule has 0 aliphatic heterocycles. The van der Waals surface area contributed by atoms with Crippen molar-refractivity contribution in [1.29, 1.82) is 0 Å². The van der Waals surface area contributed by atoms with Crippen LogP contribution in [0.15, 0.2) is 28.7 Å². The van der Waals surface area contributed by atoms with Gasteiger partial charge in [0.2, 0.25) is 0 Å². The lowest BCUT2D eigenvalue weighted by atomic mass is 9.85. The minimum atomic E-state index is 0.598. The van der Waals surface area contributed by atoms with E-state index < -0.39 is 0 Å². The van der Waals surface area contributed by atoms with Crippen molar-refractivity contribution in [3.8, 4) is 0 Å². The number of hydrogen-bond donors (Lipinski definition) is 1. The van der Waals surface area contributed by atoms with Gasteiger partial charge in [-0.25, -0.2) is 0 Å². The number of halogens is 1. The summed E-state index contributed by atoms with van der Waals surface area (Å²) in [5, 5.41) is 3.47. The van der Waals surface area contributed by atoms with Gasteiger partial charge in [0.15, 0.2) is 0 Å². The van der Waals surface area contributed by atoms with Crippen LogP contribution in [-0.4, -0.2) is 13.1 Å². The first-order chi connectivity index (χ1) is 7.70. The third-order valence-electron chi connectivity index (χ3n) is 3.25. The molecule has 0 bridgehead atoms. The third kappa shape index (κ3) is 3.60. The molecule has 2 unspecified atom stereocenters. The molecule has 0 radical (unpaired) electrons. The Balaban J connectivity index is 2.87. The van der Waals surface area contributed by atoms with Crippen LogP contribution in [0.5, 0.6) is 0 Å². The van der Waals surface area contributed by atoms with E-state index in [0.29, 0.717) is 11.8 Å². The topological polar surface area (TPSA) is 12.0 Å². The summed E-state index contributed by atoms with van der Waals surface area (Å²) in [4.78, 5) is 0. The Morgan fingerprint density at radius 2 is 1.94 bits per heavy atom. The van der Waals surface area contributed by atoms with Gasteiger partial charge in [0, 0.05) is 16.9 Å². The van der Waals surface area contributed by atoms with Crippen molar-refractivity contribution in [2.75, 3.05) is 13.1 Å². The highest BCUT2D eigenvalue weighted by Crippen LogP contribution is 2.31. The summed E-state index contributed by atoms with van der Waals surface area (Å²) in [7, 11) is 0. The second-order valence-electron chi connectivity index (χ2n) is 4.32. The first kappa shape index (κ1) is 13.7. The fourth-order valence-electron chi connectivity index (χ4n) is 1.98. The van der Waals surface area contributed by atoms with Crippen LogP contribution in [0.4, 0.5) is 0 Å². The monoisotopic (exact) mass is 283 g/mol. The zero-order chi connectivity index (χ0) is 12.0. The molecule has 90 valence electrons. The van der Waals surface area contributed by atoms with E-state index in [0.717, 1.165) is 13.1 Å². The van der Waals surface area contributed by atoms with E-state index in [1.807, 2.05) is 0 Å². The Morgan fingerprint density at radius 1 is 1.25 bits per heavy atom. The van der Waals surface area contributed by atoms with Gasteiger partial charge in [-0.05, 0) is 24.1 Å². The SMILES string of the molecule is CCNCC(c1ccccc1Br)C(C)CC. The molecule has 0 saturated carbocycles. The Hall–Kier alpha value is -0.340. The van der Waals surface area contributed by atoms with Gasteiger partial charge in [0.1, 0.15) is 0 Å². The Kier molecular flexibility index (Phi) is 6.07. The molecule has 0 aliphatic rings. The summed E-state index contributed by atoms with van der Waals surface area (Å²) in [6.45, 7) is 8.86. The van der Waals surface area contributed by atoms with E-state index in [-0.39, 0.29) is 0 Å². The highest BCUT2D eigenvalue weighted by molar-refractivity contribution is 9.10. The molecule has 2 atom stereocenters. The van der Waals surface area contributed by atoms with Gasteiger partial charge in [-0.3, -0.25) is 0 Å². The standard InChI is InChI=1S/C14H22BrN/c1-4-11(3)13(10-16-5-2)12-8-6-7-9-14(12)15/h6-9,11,13,16H,4-5,10H2,1-3H3. The average molecular weight is 284 g/mol. The average Bonchev–Trinajstić information content (AvgIpc) is 2.31. The van der Waals surface area contributed by atoms with Crippen molar-refractivity contribution in [3.63, 3.8) is 0 Å².